The highest BCUT2D eigenvalue weighted by atomic mass is 16.5. The second kappa shape index (κ2) is 7.34. The SMILES string of the molecule is Cc1ccc(N2C(=O)N[C@@H]3CCN(C(=O)COc4ccccc4)[C@H]3C2=O)cc1. The number of nitrogens with zero attached hydrogens (tertiary/aromatic N) is 2. The topological polar surface area (TPSA) is 79.0 Å². The van der Waals surface area contributed by atoms with Gasteiger partial charge in [0.15, 0.2) is 6.61 Å². The molecule has 0 spiro atoms. The molecule has 2 aromatic rings. The fourth-order valence-corrected chi connectivity index (χ4v) is 3.67. The van der Waals surface area contributed by atoms with Crippen molar-refractivity contribution in [2.75, 3.05) is 18.1 Å². The number of imide groups is 1. The van der Waals surface area contributed by atoms with Crippen LogP contribution in [0.15, 0.2) is 54.6 Å². The van der Waals surface area contributed by atoms with Crippen molar-refractivity contribution in [1.82, 2.24) is 10.2 Å². The first kappa shape index (κ1) is 18.0. The van der Waals surface area contributed by atoms with Gasteiger partial charge in [-0.1, -0.05) is 35.9 Å². The van der Waals surface area contributed by atoms with Gasteiger partial charge in [0.1, 0.15) is 11.8 Å². The van der Waals surface area contributed by atoms with Crippen LogP contribution in [0.5, 0.6) is 5.75 Å². The van der Waals surface area contributed by atoms with Crippen LogP contribution in [-0.2, 0) is 9.59 Å². The molecule has 2 saturated heterocycles. The lowest BCUT2D eigenvalue weighted by Crippen LogP contribution is -2.65. The van der Waals surface area contributed by atoms with Crippen LogP contribution in [-0.4, -0.2) is 48.0 Å². The first-order valence-electron chi connectivity index (χ1n) is 9.23. The zero-order valence-corrected chi connectivity index (χ0v) is 15.5. The predicted molar refractivity (Wildman–Crippen MR) is 103 cm³/mol. The summed E-state index contributed by atoms with van der Waals surface area (Å²) < 4.78 is 5.54. The van der Waals surface area contributed by atoms with E-state index >= 15 is 0 Å². The molecule has 0 aliphatic carbocycles. The molecule has 2 atom stereocenters. The average Bonchev–Trinajstić information content (AvgIpc) is 3.12. The number of rotatable bonds is 4. The number of carbonyl (C=O) groups is 3. The summed E-state index contributed by atoms with van der Waals surface area (Å²) in [6.07, 6.45) is 0.543. The van der Waals surface area contributed by atoms with Gasteiger partial charge in [0.25, 0.3) is 11.8 Å². The first-order valence-corrected chi connectivity index (χ1v) is 9.23. The van der Waals surface area contributed by atoms with E-state index in [1.165, 1.54) is 4.90 Å². The van der Waals surface area contributed by atoms with Gasteiger partial charge in [-0.25, -0.2) is 9.69 Å². The molecule has 144 valence electrons. The Morgan fingerprint density at radius 3 is 2.54 bits per heavy atom. The van der Waals surface area contributed by atoms with Crippen LogP contribution in [0, 0.1) is 6.92 Å². The Bertz CT molecular complexity index is 898. The Morgan fingerprint density at radius 2 is 1.82 bits per heavy atom. The standard InChI is InChI=1S/C21H21N3O4/c1-14-7-9-15(10-8-14)24-20(26)19-17(22-21(24)27)11-12-23(19)18(25)13-28-16-5-3-2-4-6-16/h2-10,17,19H,11-13H2,1H3,(H,22,27)/t17-,19-/m1/s1. The minimum atomic E-state index is -0.717. The fourth-order valence-electron chi connectivity index (χ4n) is 3.67. The molecule has 28 heavy (non-hydrogen) atoms. The normalized spacial score (nSPS) is 21.3. The van der Waals surface area contributed by atoms with Crippen molar-refractivity contribution in [3.05, 3.63) is 60.2 Å². The fraction of sp³-hybridized carbons (Fsp3) is 0.286. The molecule has 0 saturated carbocycles. The number of urea groups is 1. The van der Waals surface area contributed by atoms with Gasteiger partial charge in [0.2, 0.25) is 0 Å². The average molecular weight is 379 g/mol. The molecule has 2 aliphatic heterocycles. The molecule has 4 rings (SSSR count). The van der Waals surface area contributed by atoms with Gasteiger partial charge in [0, 0.05) is 6.54 Å². The molecule has 4 amide bonds. The maximum atomic E-state index is 13.1. The van der Waals surface area contributed by atoms with Crippen LogP contribution in [0.2, 0.25) is 0 Å². The van der Waals surface area contributed by atoms with Gasteiger partial charge in [-0.3, -0.25) is 9.59 Å². The molecule has 7 nitrogen and oxygen atoms in total. The van der Waals surface area contributed by atoms with Crippen LogP contribution >= 0.6 is 0 Å². The Morgan fingerprint density at radius 1 is 1.11 bits per heavy atom. The smallest absolute Gasteiger partial charge is 0.329 e. The van der Waals surface area contributed by atoms with Crippen molar-refractivity contribution in [2.45, 2.75) is 25.4 Å². The van der Waals surface area contributed by atoms with E-state index in [1.807, 2.05) is 37.3 Å². The van der Waals surface area contributed by atoms with Gasteiger partial charge in [0.05, 0.1) is 11.7 Å². The van der Waals surface area contributed by atoms with Crippen LogP contribution < -0.4 is 15.0 Å². The molecule has 0 radical (unpaired) electrons. The van der Waals surface area contributed by atoms with Crippen molar-refractivity contribution < 1.29 is 19.1 Å². The Hall–Kier alpha value is -3.35. The molecule has 0 bridgehead atoms. The molecule has 0 aromatic heterocycles. The third-order valence-corrected chi connectivity index (χ3v) is 5.10. The van der Waals surface area contributed by atoms with Crippen molar-refractivity contribution >= 4 is 23.5 Å². The molecule has 2 heterocycles. The number of hydrogen-bond donors (Lipinski definition) is 1. The number of aryl methyl sites for hydroxylation is 1. The maximum Gasteiger partial charge on any atom is 0.329 e. The van der Waals surface area contributed by atoms with E-state index in [-0.39, 0.29) is 24.5 Å². The largest absolute Gasteiger partial charge is 0.484 e. The summed E-state index contributed by atoms with van der Waals surface area (Å²) >= 11 is 0. The monoisotopic (exact) mass is 379 g/mol. The molecule has 7 heteroatoms. The Kier molecular flexibility index (Phi) is 4.73. The van der Waals surface area contributed by atoms with Crippen molar-refractivity contribution in [2.24, 2.45) is 0 Å². The Balaban J connectivity index is 1.51. The lowest BCUT2D eigenvalue weighted by Gasteiger charge is -2.36. The number of fused-ring (bicyclic) bond motifs is 1. The van der Waals surface area contributed by atoms with Gasteiger partial charge < -0.3 is 15.0 Å². The minimum Gasteiger partial charge on any atom is -0.484 e. The molecule has 1 N–H and O–H groups in total. The first-order chi connectivity index (χ1) is 13.5. The van der Waals surface area contributed by atoms with Crippen LogP contribution in [0.4, 0.5) is 10.5 Å². The molecular weight excluding hydrogens is 358 g/mol. The van der Waals surface area contributed by atoms with Gasteiger partial charge in [-0.15, -0.1) is 0 Å². The third kappa shape index (κ3) is 3.31. The van der Waals surface area contributed by atoms with Crippen LogP contribution in [0.3, 0.4) is 0 Å². The second-order valence-corrected chi connectivity index (χ2v) is 6.99. The second-order valence-electron chi connectivity index (χ2n) is 6.99. The molecular formula is C21H21N3O4. The quantitative estimate of drug-likeness (QED) is 0.882. The number of para-hydroxylation sites is 1. The van der Waals surface area contributed by atoms with Crippen molar-refractivity contribution in [3.63, 3.8) is 0 Å². The summed E-state index contributed by atoms with van der Waals surface area (Å²) in [7, 11) is 0. The molecule has 2 aliphatic rings. The summed E-state index contributed by atoms with van der Waals surface area (Å²) in [4.78, 5) is 40.9. The van der Waals surface area contributed by atoms with E-state index in [0.717, 1.165) is 10.5 Å². The van der Waals surface area contributed by atoms with Crippen LogP contribution in [0.25, 0.3) is 0 Å². The van der Waals surface area contributed by atoms with Gasteiger partial charge in [-0.2, -0.15) is 0 Å². The summed E-state index contributed by atoms with van der Waals surface area (Å²) in [6, 6.07) is 14.6. The molecule has 2 aromatic carbocycles. The number of ether oxygens (including phenoxy) is 1. The highest BCUT2D eigenvalue weighted by Gasteiger charge is 2.49. The number of benzene rings is 2. The zero-order chi connectivity index (χ0) is 19.7. The van der Waals surface area contributed by atoms with Crippen molar-refractivity contribution in [1.29, 1.82) is 0 Å². The molecule has 0 unspecified atom stereocenters. The number of carbonyl (C=O) groups excluding carboxylic acids is 3. The number of likely N-dealkylation sites (tertiary alicyclic amines) is 1. The third-order valence-electron chi connectivity index (χ3n) is 5.10. The van der Waals surface area contributed by atoms with E-state index in [9.17, 15) is 14.4 Å². The van der Waals surface area contributed by atoms with E-state index in [1.54, 1.807) is 24.3 Å². The number of anilines is 1. The van der Waals surface area contributed by atoms with E-state index in [4.69, 9.17) is 4.74 Å². The lowest BCUT2D eigenvalue weighted by molar-refractivity contribution is -0.139. The predicted octanol–water partition coefficient (Wildman–Crippen LogP) is 2.10. The van der Waals surface area contributed by atoms with Gasteiger partial charge >= 0.3 is 6.03 Å². The van der Waals surface area contributed by atoms with Crippen molar-refractivity contribution in [3.8, 4) is 5.75 Å². The maximum absolute atomic E-state index is 13.1. The zero-order valence-electron chi connectivity index (χ0n) is 15.5. The summed E-state index contributed by atoms with van der Waals surface area (Å²) in [5.74, 6) is -0.0657. The van der Waals surface area contributed by atoms with E-state index in [2.05, 4.69) is 5.32 Å². The summed E-state index contributed by atoms with van der Waals surface area (Å²) in [5.41, 5.74) is 1.52. The highest BCUT2D eigenvalue weighted by molar-refractivity contribution is 6.19. The van der Waals surface area contributed by atoms with E-state index < -0.39 is 12.1 Å². The Labute approximate surface area is 162 Å². The summed E-state index contributed by atoms with van der Waals surface area (Å²) in [5, 5.41) is 2.86. The summed E-state index contributed by atoms with van der Waals surface area (Å²) in [6.45, 7) is 2.18. The van der Waals surface area contributed by atoms with Gasteiger partial charge in [-0.05, 0) is 37.6 Å². The number of hydrogen-bond acceptors (Lipinski definition) is 4. The highest BCUT2D eigenvalue weighted by Crippen LogP contribution is 2.28. The minimum absolute atomic E-state index is 0.154. The number of amides is 4. The molecule has 2 fully saturated rings. The van der Waals surface area contributed by atoms with E-state index in [0.29, 0.717) is 24.4 Å². The number of nitrogens with one attached hydrogen (secondary N) is 1. The van der Waals surface area contributed by atoms with Crippen LogP contribution in [0.1, 0.15) is 12.0 Å². The lowest BCUT2D eigenvalue weighted by atomic mass is 10.0.